The molecule has 1 aliphatic heterocycles. The van der Waals surface area contributed by atoms with E-state index in [1.165, 1.54) is 0 Å². The fourth-order valence-corrected chi connectivity index (χ4v) is 2.30. The monoisotopic (exact) mass is 257 g/mol. The van der Waals surface area contributed by atoms with Crippen LogP contribution in [0.25, 0.3) is 0 Å². The average molecular weight is 257 g/mol. The molecule has 100 valence electrons. The highest BCUT2D eigenvalue weighted by molar-refractivity contribution is 5.91. The first-order valence-electron chi connectivity index (χ1n) is 6.51. The zero-order valence-corrected chi connectivity index (χ0v) is 11.4. The van der Waals surface area contributed by atoms with Gasteiger partial charge in [-0.15, -0.1) is 6.58 Å². The highest BCUT2D eigenvalue weighted by Crippen LogP contribution is 2.36. The van der Waals surface area contributed by atoms with Crippen LogP contribution in [0, 0.1) is 0 Å². The van der Waals surface area contributed by atoms with Gasteiger partial charge in [0.2, 0.25) is 0 Å². The predicted octanol–water partition coefficient (Wildman–Crippen LogP) is 4.23. The quantitative estimate of drug-likeness (QED) is 0.758. The van der Waals surface area contributed by atoms with E-state index in [1.54, 1.807) is 18.0 Å². The molecule has 1 aromatic rings. The summed E-state index contributed by atoms with van der Waals surface area (Å²) in [5.41, 5.74) is 3.17. The number of amides is 1. The second-order valence-corrected chi connectivity index (χ2v) is 4.74. The van der Waals surface area contributed by atoms with Gasteiger partial charge in [0.15, 0.2) is 0 Å². The minimum atomic E-state index is -0.333. The lowest BCUT2D eigenvalue weighted by Crippen LogP contribution is -2.29. The number of para-hydroxylation sites is 1. The number of benzene rings is 1. The number of hydrogen-bond donors (Lipinski definition) is 0. The second-order valence-electron chi connectivity index (χ2n) is 4.74. The van der Waals surface area contributed by atoms with Crippen molar-refractivity contribution < 1.29 is 9.53 Å². The Balaban J connectivity index is 2.33. The molecule has 0 saturated carbocycles. The van der Waals surface area contributed by atoms with Gasteiger partial charge in [0.05, 0.1) is 12.3 Å². The van der Waals surface area contributed by atoms with E-state index in [-0.39, 0.29) is 12.0 Å². The van der Waals surface area contributed by atoms with Gasteiger partial charge in [-0.2, -0.15) is 0 Å². The van der Waals surface area contributed by atoms with Gasteiger partial charge < -0.3 is 4.74 Å². The van der Waals surface area contributed by atoms with Crippen LogP contribution in [0.15, 0.2) is 48.7 Å². The van der Waals surface area contributed by atoms with Crippen LogP contribution in [0.4, 0.5) is 10.5 Å². The van der Waals surface area contributed by atoms with E-state index in [0.29, 0.717) is 6.61 Å². The first-order chi connectivity index (χ1) is 9.13. The number of nitrogens with zero attached hydrogens (tertiary/aromatic N) is 1. The van der Waals surface area contributed by atoms with E-state index in [9.17, 15) is 4.79 Å². The predicted molar refractivity (Wildman–Crippen MR) is 77.3 cm³/mol. The third kappa shape index (κ3) is 2.87. The molecule has 0 aliphatic carbocycles. The van der Waals surface area contributed by atoms with Crippen LogP contribution in [0.5, 0.6) is 0 Å². The molecule has 0 spiro atoms. The maximum Gasteiger partial charge on any atom is 0.418 e. The molecule has 0 aromatic heterocycles. The molecule has 2 rings (SSSR count). The van der Waals surface area contributed by atoms with Gasteiger partial charge in [0, 0.05) is 12.1 Å². The lowest BCUT2D eigenvalue weighted by atomic mass is 9.89. The van der Waals surface area contributed by atoms with E-state index < -0.39 is 0 Å². The third-order valence-electron chi connectivity index (χ3n) is 3.10. The first-order valence-corrected chi connectivity index (χ1v) is 6.51. The lowest BCUT2D eigenvalue weighted by Gasteiger charge is -2.28. The van der Waals surface area contributed by atoms with Crippen LogP contribution in [-0.4, -0.2) is 12.7 Å². The van der Waals surface area contributed by atoms with E-state index in [4.69, 9.17) is 4.74 Å². The molecule has 1 heterocycles. The molecule has 3 nitrogen and oxygen atoms in total. The van der Waals surface area contributed by atoms with Crippen LogP contribution in [0.1, 0.15) is 31.7 Å². The number of carbonyl (C=O) groups is 1. The normalized spacial score (nSPS) is 16.9. The fraction of sp³-hybridized carbons (Fsp3) is 0.312. The minimum Gasteiger partial charge on any atom is -0.449 e. The summed E-state index contributed by atoms with van der Waals surface area (Å²) in [4.78, 5) is 13.5. The summed E-state index contributed by atoms with van der Waals surface area (Å²) in [7, 11) is 0. The summed E-state index contributed by atoms with van der Waals surface area (Å²) in [6.07, 6.45) is 4.39. The summed E-state index contributed by atoms with van der Waals surface area (Å²) in [5.74, 6) is 0.277. The number of anilines is 1. The van der Waals surface area contributed by atoms with E-state index in [0.717, 1.165) is 23.2 Å². The molecule has 1 unspecified atom stereocenters. The Morgan fingerprint density at radius 2 is 2.16 bits per heavy atom. The fourth-order valence-electron chi connectivity index (χ4n) is 2.30. The van der Waals surface area contributed by atoms with Crippen molar-refractivity contribution in [1.82, 2.24) is 0 Å². The molecule has 0 N–H and O–H groups in total. The number of allylic oxidation sites excluding steroid dienone is 2. The van der Waals surface area contributed by atoms with Gasteiger partial charge in [0.1, 0.15) is 0 Å². The molecule has 1 amide bonds. The summed E-state index contributed by atoms with van der Waals surface area (Å²) in [6.45, 7) is 8.17. The smallest absolute Gasteiger partial charge is 0.418 e. The average Bonchev–Trinajstić information content (AvgIpc) is 2.38. The molecule has 1 atom stereocenters. The molecule has 0 saturated heterocycles. The largest absolute Gasteiger partial charge is 0.449 e. The molecule has 1 aromatic carbocycles. The van der Waals surface area contributed by atoms with E-state index in [1.807, 2.05) is 31.2 Å². The van der Waals surface area contributed by atoms with Crippen molar-refractivity contribution in [2.45, 2.75) is 26.2 Å². The van der Waals surface area contributed by atoms with Crippen molar-refractivity contribution in [3.05, 3.63) is 54.3 Å². The Bertz CT molecular complexity index is 519. The zero-order valence-electron chi connectivity index (χ0n) is 11.4. The van der Waals surface area contributed by atoms with E-state index >= 15 is 0 Å². The van der Waals surface area contributed by atoms with Crippen LogP contribution in [-0.2, 0) is 4.74 Å². The molecule has 3 heteroatoms. The topological polar surface area (TPSA) is 29.5 Å². The summed E-state index contributed by atoms with van der Waals surface area (Å²) in [5, 5.41) is 0. The van der Waals surface area contributed by atoms with Crippen LogP contribution < -0.4 is 4.90 Å². The van der Waals surface area contributed by atoms with Gasteiger partial charge in [0.25, 0.3) is 0 Å². The minimum absolute atomic E-state index is 0.277. The first kappa shape index (κ1) is 13.4. The van der Waals surface area contributed by atoms with Crippen LogP contribution >= 0.6 is 0 Å². The number of carbonyl (C=O) groups excluding carboxylic acids is 1. The molecule has 1 aliphatic rings. The zero-order chi connectivity index (χ0) is 13.8. The Morgan fingerprint density at radius 1 is 1.42 bits per heavy atom. The van der Waals surface area contributed by atoms with Gasteiger partial charge >= 0.3 is 6.09 Å². The molecular formula is C16H19NO2. The Hall–Kier alpha value is -2.03. The van der Waals surface area contributed by atoms with Crippen LogP contribution in [0.2, 0.25) is 0 Å². The second kappa shape index (κ2) is 5.74. The molecule has 0 fully saturated rings. The van der Waals surface area contributed by atoms with E-state index in [2.05, 4.69) is 12.6 Å². The summed E-state index contributed by atoms with van der Waals surface area (Å²) in [6, 6.07) is 7.93. The number of rotatable bonds is 3. The number of hydrogen-bond acceptors (Lipinski definition) is 2. The van der Waals surface area contributed by atoms with Crippen molar-refractivity contribution in [3.63, 3.8) is 0 Å². The molecular weight excluding hydrogens is 238 g/mol. The summed E-state index contributed by atoms with van der Waals surface area (Å²) >= 11 is 0. The van der Waals surface area contributed by atoms with Gasteiger partial charge in [-0.25, -0.2) is 4.79 Å². The molecule has 19 heavy (non-hydrogen) atoms. The number of fused-ring (bicyclic) bond motifs is 1. The maximum absolute atomic E-state index is 11.9. The van der Waals surface area contributed by atoms with Crippen molar-refractivity contribution in [2.24, 2.45) is 0 Å². The lowest BCUT2D eigenvalue weighted by molar-refractivity contribution is 0.162. The van der Waals surface area contributed by atoms with Gasteiger partial charge in [-0.05, 0) is 31.9 Å². The number of ether oxygens (including phenoxy) is 1. The highest BCUT2D eigenvalue weighted by atomic mass is 16.6. The summed E-state index contributed by atoms with van der Waals surface area (Å²) < 4.78 is 5.07. The van der Waals surface area contributed by atoms with Crippen molar-refractivity contribution in [2.75, 3.05) is 11.5 Å². The highest BCUT2D eigenvalue weighted by Gasteiger charge is 2.24. The van der Waals surface area contributed by atoms with Crippen molar-refractivity contribution in [3.8, 4) is 0 Å². The Morgan fingerprint density at radius 3 is 2.84 bits per heavy atom. The SMILES string of the molecule is C=C(C)CC1C=CN(C(=O)OCC)c2ccccc21. The Kier molecular flexibility index (Phi) is 4.05. The van der Waals surface area contributed by atoms with Gasteiger partial charge in [-0.3, -0.25) is 4.90 Å². The standard InChI is InChI=1S/C16H19NO2/c1-4-19-16(18)17-10-9-13(11-12(2)3)14-7-5-6-8-15(14)17/h5-10,13H,2,4,11H2,1,3H3. The molecule has 0 radical (unpaired) electrons. The maximum atomic E-state index is 11.9. The van der Waals surface area contributed by atoms with Crippen molar-refractivity contribution in [1.29, 1.82) is 0 Å². The Labute approximate surface area is 114 Å². The molecule has 0 bridgehead atoms. The van der Waals surface area contributed by atoms with Gasteiger partial charge in [-0.1, -0.05) is 29.8 Å². The third-order valence-corrected chi connectivity index (χ3v) is 3.10. The van der Waals surface area contributed by atoms with Crippen LogP contribution in [0.3, 0.4) is 0 Å². The van der Waals surface area contributed by atoms with Crippen molar-refractivity contribution >= 4 is 11.8 Å².